The predicted octanol–water partition coefficient (Wildman–Crippen LogP) is 2.06. The Morgan fingerprint density at radius 2 is 2.20 bits per heavy atom. The van der Waals surface area contributed by atoms with E-state index in [4.69, 9.17) is 5.26 Å². The second-order valence-corrected chi connectivity index (χ2v) is 6.81. The molecule has 0 atom stereocenters. The van der Waals surface area contributed by atoms with E-state index in [-0.39, 0.29) is 17.1 Å². The van der Waals surface area contributed by atoms with Gasteiger partial charge in [0.1, 0.15) is 16.7 Å². The monoisotopic (exact) mass is 307 g/mol. The highest BCUT2D eigenvalue weighted by Gasteiger charge is 2.15. The van der Waals surface area contributed by atoms with Crippen LogP contribution in [0.1, 0.15) is 23.1 Å². The topological polar surface area (TPSA) is 82.9 Å². The van der Waals surface area contributed by atoms with Crippen molar-refractivity contribution in [3.63, 3.8) is 0 Å². The van der Waals surface area contributed by atoms with Crippen LogP contribution >= 0.6 is 11.3 Å². The largest absolute Gasteiger partial charge is 0.244 e. The van der Waals surface area contributed by atoms with Gasteiger partial charge in [-0.1, -0.05) is 6.92 Å². The molecule has 0 aromatic carbocycles. The summed E-state index contributed by atoms with van der Waals surface area (Å²) in [5, 5.41) is 10.6. The smallest absolute Gasteiger partial charge is 0.242 e. The van der Waals surface area contributed by atoms with Crippen LogP contribution in [0.5, 0.6) is 0 Å². The quantitative estimate of drug-likeness (QED) is 0.916. The zero-order chi connectivity index (χ0) is 14.6. The number of aromatic nitrogens is 1. The van der Waals surface area contributed by atoms with Gasteiger partial charge in [-0.2, -0.15) is 5.26 Å². The Morgan fingerprint density at radius 3 is 2.80 bits per heavy atom. The van der Waals surface area contributed by atoms with E-state index in [1.165, 1.54) is 29.7 Å². The molecular formula is C13H13N3O2S2. The number of nitrogens with one attached hydrogen (secondary N) is 1. The van der Waals surface area contributed by atoms with E-state index in [1.54, 1.807) is 0 Å². The summed E-state index contributed by atoms with van der Waals surface area (Å²) in [6.45, 7) is 2.30. The lowest BCUT2D eigenvalue weighted by atomic mass is 10.2. The Labute approximate surface area is 122 Å². The lowest BCUT2D eigenvalue weighted by molar-refractivity contribution is 0.581. The van der Waals surface area contributed by atoms with E-state index in [1.807, 2.05) is 24.4 Å². The van der Waals surface area contributed by atoms with Gasteiger partial charge in [0, 0.05) is 17.6 Å². The Morgan fingerprint density at radius 1 is 1.40 bits per heavy atom. The summed E-state index contributed by atoms with van der Waals surface area (Å²) in [6.07, 6.45) is 2.06. The number of thiophene rings is 1. The van der Waals surface area contributed by atoms with Crippen molar-refractivity contribution in [3.05, 3.63) is 45.9 Å². The van der Waals surface area contributed by atoms with Gasteiger partial charge in [0.25, 0.3) is 0 Å². The summed E-state index contributed by atoms with van der Waals surface area (Å²) in [7, 11) is -3.60. The van der Waals surface area contributed by atoms with E-state index < -0.39 is 10.0 Å². The highest BCUT2D eigenvalue weighted by Crippen LogP contribution is 2.18. The molecule has 0 spiro atoms. The molecule has 0 unspecified atom stereocenters. The van der Waals surface area contributed by atoms with Gasteiger partial charge in [0.05, 0.1) is 0 Å². The zero-order valence-corrected chi connectivity index (χ0v) is 12.5. The van der Waals surface area contributed by atoms with Gasteiger partial charge in [-0.3, -0.25) is 0 Å². The molecule has 0 aliphatic heterocycles. The van der Waals surface area contributed by atoms with E-state index in [2.05, 4.69) is 9.71 Å². The minimum Gasteiger partial charge on any atom is -0.244 e. The lowest BCUT2D eigenvalue weighted by Gasteiger charge is -2.06. The summed E-state index contributed by atoms with van der Waals surface area (Å²) in [5.74, 6) is 0. The number of sulfonamides is 1. The fourth-order valence-corrected chi connectivity index (χ4v) is 3.63. The van der Waals surface area contributed by atoms with E-state index in [0.717, 1.165) is 16.9 Å². The molecule has 2 rings (SSSR count). The first-order chi connectivity index (χ1) is 9.56. The molecule has 104 valence electrons. The van der Waals surface area contributed by atoms with Gasteiger partial charge in [0.15, 0.2) is 0 Å². The average Bonchev–Trinajstić information content (AvgIpc) is 2.93. The van der Waals surface area contributed by atoms with Crippen molar-refractivity contribution in [2.24, 2.45) is 0 Å². The number of pyridine rings is 1. The van der Waals surface area contributed by atoms with Crippen molar-refractivity contribution in [1.82, 2.24) is 9.71 Å². The molecule has 0 fully saturated rings. The SMILES string of the molecule is CCc1ccsc1CNS(=O)(=O)c1ccc(C#N)nc1. The van der Waals surface area contributed by atoms with Crippen LogP contribution in [0.15, 0.2) is 34.7 Å². The van der Waals surface area contributed by atoms with Crippen LogP contribution in [0.2, 0.25) is 0 Å². The molecule has 1 N–H and O–H groups in total. The molecular weight excluding hydrogens is 294 g/mol. The Kier molecular flexibility index (Phi) is 4.49. The third-order valence-electron chi connectivity index (χ3n) is 2.80. The summed E-state index contributed by atoms with van der Waals surface area (Å²) in [6, 6.07) is 6.61. The molecule has 0 aliphatic carbocycles. The molecule has 0 aliphatic rings. The average molecular weight is 307 g/mol. The second-order valence-electron chi connectivity index (χ2n) is 4.04. The minimum atomic E-state index is -3.60. The third-order valence-corrected chi connectivity index (χ3v) is 5.15. The highest BCUT2D eigenvalue weighted by atomic mass is 32.2. The van der Waals surface area contributed by atoms with Crippen molar-refractivity contribution in [3.8, 4) is 6.07 Å². The van der Waals surface area contributed by atoms with Crippen LogP contribution in [0, 0.1) is 11.3 Å². The van der Waals surface area contributed by atoms with E-state index >= 15 is 0 Å². The number of hydrogen-bond donors (Lipinski definition) is 1. The summed E-state index contributed by atoms with van der Waals surface area (Å²) < 4.78 is 26.7. The Balaban J connectivity index is 2.13. The summed E-state index contributed by atoms with van der Waals surface area (Å²) in [4.78, 5) is 4.84. The fourth-order valence-electron chi connectivity index (χ4n) is 1.69. The van der Waals surface area contributed by atoms with E-state index in [0.29, 0.717) is 0 Å². The van der Waals surface area contributed by atoms with Crippen LogP contribution < -0.4 is 4.72 Å². The molecule has 0 saturated carbocycles. The first kappa shape index (κ1) is 14.7. The first-order valence-electron chi connectivity index (χ1n) is 5.98. The normalized spacial score (nSPS) is 11.2. The highest BCUT2D eigenvalue weighted by molar-refractivity contribution is 7.89. The van der Waals surface area contributed by atoms with Gasteiger partial charge in [-0.05, 0) is 35.6 Å². The predicted molar refractivity (Wildman–Crippen MR) is 76.7 cm³/mol. The third kappa shape index (κ3) is 3.22. The fraction of sp³-hybridized carbons (Fsp3) is 0.231. The maximum Gasteiger partial charge on any atom is 0.242 e. The number of aryl methyl sites for hydroxylation is 1. The van der Waals surface area contributed by atoms with Gasteiger partial charge in [-0.15, -0.1) is 11.3 Å². The summed E-state index contributed by atoms with van der Waals surface area (Å²) in [5.41, 5.74) is 1.34. The van der Waals surface area contributed by atoms with Crippen molar-refractivity contribution in [2.45, 2.75) is 24.8 Å². The molecule has 0 radical (unpaired) electrons. The molecule has 20 heavy (non-hydrogen) atoms. The first-order valence-corrected chi connectivity index (χ1v) is 8.34. The Bertz CT molecular complexity index is 728. The van der Waals surface area contributed by atoms with Gasteiger partial charge in [0.2, 0.25) is 10.0 Å². The van der Waals surface area contributed by atoms with Crippen molar-refractivity contribution in [2.75, 3.05) is 0 Å². The molecule has 7 heteroatoms. The number of rotatable bonds is 5. The molecule has 0 amide bonds. The lowest BCUT2D eigenvalue weighted by Crippen LogP contribution is -2.23. The maximum absolute atomic E-state index is 12.1. The Hall–Kier alpha value is -1.75. The molecule has 2 aromatic heterocycles. The van der Waals surface area contributed by atoms with E-state index in [9.17, 15) is 8.42 Å². The van der Waals surface area contributed by atoms with Crippen LogP contribution in [-0.2, 0) is 23.0 Å². The number of nitrogens with zero attached hydrogens (tertiary/aromatic N) is 2. The molecule has 0 saturated heterocycles. The standard InChI is InChI=1S/C13H13N3O2S2/c1-2-10-5-6-19-13(10)9-16-20(17,18)12-4-3-11(7-14)15-8-12/h3-6,8,16H,2,9H2,1H3. The minimum absolute atomic E-state index is 0.0612. The van der Waals surface area contributed by atoms with Gasteiger partial charge in [-0.25, -0.2) is 18.1 Å². The van der Waals surface area contributed by atoms with Crippen LogP contribution in [0.4, 0.5) is 0 Å². The maximum atomic E-state index is 12.1. The second kappa shape index (κ2) is 6.13. The molecule has 5 nitrogen and oxygen atoms in total. The number of hydrogen-bond acceptors (Lipinski definition) is 5. The van der Waals surface area contributed by atoms with Crippen LogP contribution in [0.3, 0.4) is 0 Å². The van der Waals surface area contributed by atoms with Gasteiger partial charge < -0.3 is 0 Å². The zero-order valence-electron chi connectivity index (χ0n) is 10.8. The van der Waals surface area contributed by atoms with Gasteiger partial charge >= 0.3 is 0 Å². The molecule has 0 bridgehead atoms. The van der Waals surface area contributed by atoms with Crippen molar-refractivity contribution < 1.29 is 8.42 Å². The number of nitriles is 1. The molecule has 2 aromatic rings. The molecule has 2 heterocycles. The van der Waals surface area contributed by atoms with Crippen molar-refractivity contribution in [1.29, 1.82) is 5.26 Å². The summed E-state index contributed by atoms with van der Waals surface area (Å²) >= 11 is 1.53. The van der Waals surface area contributed by atoms with Crippen LogP contribution in [-0.4, -0.2) is 13.4 Å². The van der Waals surface area contributed by atoms with Crippen LogP contribution in [0.25, 0.3) is 0 Å². The van der Waals surface area contributed by atoms with Crippen molar-refractivity contribution >= 4 is 21.4 Å².